The summed E-state index contributed by atoms with van der Waals surface area (Å²) in [6, 6.07) is 1.43. The molecule has 0 aromatic rings. The van der Waals surface area contributed by atoms with E-state index in [2.05, 4.69) is 31.0 Å². The summed E-state index contributed by atoms with van der Waals surface area (Å²) >= 11 is 0. The lowest BCUT2D eigenvalue weighted by Crippen LogP contribution is -2.54. The first-order valence-corrected chi connectivity index (χ1v) is 4.22. The largest absolute Gasteiger partial charge is 0.314 e. The summed E-state index contributed by atoms with van der Waals surface area (Å²) in [6.45, 7) is 10.3. The van der Waals surface area contributed by atoms with Crippen LogP contribution in [0.4, 0.5) is 0 Å². The van der Waals surface area contributed by atoms with Gasteiger partial charge in [-0.15, -0.1) is 0 Å². The highest BCUT2D eigenvalue weighted by molar-refractivity contribution is 4.81. The maximum absolute atomic E-state index is 3.41. The molecular weight excluding hydrogens is 124 g/mol. The van der Waals surface area contributed by atoms with Crippen molar-refractivity contribution in [3.05, 3.63) is 0 Å². The molecule has 1 N–H and O–H groups in total. The maximum Gasteiger partial charge on any atom is 0.0195 e. The van der Waals surface area contributed by atoms with Crippen molar-refractivity contribution in [1.29, 1.82) is 0 Å². The molecule has 0 spiro atoms. The van der Waals surface area contributed by atoms with Crippen LogP contribution in [0.3, 0.4) is 0 Å². The average Bonchev–Trinajstić information content (AvgIpc) is 1.88. The lowest BCUT2D eigenvalue weighted by Gasteiger charge is -2.38. The van der Waals surface area contributed by atoms with E-state index in [1.165, 1.54) is 6.54 Å². The molecule has 0 bridgehead atoms. The Bertz CT molecular complexity index is 93.4. The summed E-state index contributed by atoms with van der Waals surface area (Å²) in [5.74, 6) is 0. The van der Waals surface area contributed by atoms with Crippen molar-refractivity contribution in [2.24, 2.45) is 0 Å². The van der Waals surface area contributed by atoms with Crippen molar-refractivity contribution in [2.75, 3.05) is 19.6 Å². The molecule has 2 nitrogen and oxygen atoms in total. The first-order valence-electron chi connectivity index (χ1n) is 4.22. The minimum absolute atomic E-state index is 0.716. The Morgan fingerprint density at radius 1 is 1.30 bits per heavy atom. The normalized spacial score (nSPS) is 36.3. The summed E-state index contributed by atoms with van der Waals surface area (Å²) in [5, 5.41) is 3.41. The Labute approximate surface area is 63.6 Å². The van der Waals surface area contributed by atoms with Crippen molar-refractivity contribution in [1.82, 2.24) is 10.2 Å². The third kappa shape index (κ3) is 1.50. The van der Waals surface area contributed by atoms with Crippen molar-refractivity contribution in [2.45, 2.75) is 32.9 Å². The topological polar surface area (TPSA) is 15.3 Å². The van der Waals surface area contributed by atoms with Crippen molar-refractivity contribution in [3.8, 4) is 0 Å². The predicted octanol–water partition coefficient (Wildman–Crippen LogP) is 0.689. The van der Waals surface area contributed by atoms with Gasteiger partial charge in [0.05, 0.1) is 0 Å². The molecule has 2 atom stereocenters. The molecule has 2 heteroatoms. The number of hydrogen-bond acceptors (Lipinski definition) is 2. The second kappa shape index (κ2) is 3.35. The number of likely N-dealkylation sites (N-methyl/N-ethyl adjacent to an activating group) is 1. The van der Waals surface area contributed by atoms with E-state index in [-0.39, 0.29) is 0 Å². The number of hydrogen-bond donors (Lipinski definition) is 1. The molecule has 1 fully saturated rings. The molecule has 0 unspecified atom stereocenters. The predicted molar refractivity (Wildman–Crippen MR) is 44.2 cm³/mol. The fraction of sp³-hybridized carbons (Fsp3) is 1.00. The van der Waals surface area contributed by atoms with Crippen LogP contribution in [-0.4, -0.2) is 36.6 Å². The van der Waals surface area contributed by atoms with E-state index in [0.29, 0.717) is 12.1 Å². The summed E-state index contributed by atoms with van der Waals surface area (Å²) in [4.78, 5) is 2.54. The molecule has 1 heterocycles. The number of nitrogens with zero attached hydrogens (tertiary/aromatic N) is 1. The molecule has 1 aliphatic rings. The van der Waals surface area contributed by atoms with E-state index in [0.717, 1.165) is 13.1 Å². The number of rotatable bonds is 1. The van der Waals surface area contributed by atoms with Gasteiger partial charge in [0, 0.05) is 25.2 Å². The van der Waals surface area contributed by atoms with E-state index >= 15 is 0 Å². The number of nitrogens with one attached hydrogen (secondary N) is 1. The van der Waals surface area contributed by atoms with Crippen LogP contribution in [-0.2, 0) is 0 Å². The van der Waals surface area contributed by atoms with Gasteiger partial charge in [0.2, 0.25) is 0 Å². The van der Waals surface area contributed by atoms with Crippen molar-refractivity contribution < 1.29 is 0 Å². The van der Waals surface area contributed by atoms with Gasteiger partial charge in [0.15, 0.2) is 0 Å². The van der Waals surface area contributed by atoms with E-state index in [1.54, 1.807) is 0 Å². The fourth-order valence-corrected chi connectivity index (χ4v) is 1.79. The molecule has 0 aliphatic carbocycles. The summed E-state index contributed by atoms with van der Waals surface area (Å²) in [5.41, 5.74) is 0. The van der Waals surface area contributed by atoms with Gasteiger partial charge in [-0.2, -0.15) is 0 Å². The van der Waals surface area contributed by atoms with Gasteiger partial charge in [-0.25, -0.2) is 0 Å². The molecule has 0 aromatic heterocycles. The second-order valence-corrected chi connectivity index (χ2v) is 3.19. The average molecular weight is 142 g/mol. The lowest BCUT2D eigenvalue weighted by molar-refractivity contribution is 0.124. The Morgan fingerprint density at radius 3 is 2.10 bits per heavy atom. The zero-order valence-electron chi connectivity index (χ0n) is 7.22. The molecule has 0 amide bonds. The Hall–Kier alpha value is -0.0800. The van der Waals surface area contributed by atoms with Gasteiger partial charge in [0.25, 0.3) is 0 Å². The van der Waals surface area contributed by atoms with E-state index in [1.807, 2.05) is 0 Å². The summed E-state index contributed by atoms with van der Waals surface area (Å²) in [7, 11) is 0. The van der Waals surface area contributed by atoms with Gasteiger partial charge >= 0.3 is 0 Å². The smallest absolute Gasteiger partial charge is 0.0195 e. The quantitative estimate of drug-likeness (QED) is 0.579. The second-order valence-electron chi connectivity index (χ2n) is 3.19. The van der Waals surface area contributed by atoms with Gasteiger partial charge in [-0.05, 0) is 20.4 Å². The van der Waals surface area contributed by atoms with Crippen LogP contribution in [0.1, 0.15) is 20.8 Å². The molecule has 0 radical (unpaired) electrons. The fourth-order valence-electron chi connectivity index (χ4n) is 1.79. The summed E-state index contributed by atoms with van der Waals surface area (Å²) in [6.07, 6.45) is 0. The zero-order valence-corrected chi connectivity index (χ0v) is 7.22. The maximum atomic E-state index is 3.41. The molecule has 1 saturated heterocycles. The minimum atomic E-state index is 0.716. The molecular formula is C8H18N2. The Morgan fingerprint density at radius 2 is 1.80 bits per heavy atom. The standard InChI is InChI=1S/C8H18N2/c1-4-10-7(2)5-9-6-8(10)3/h7-9H,4-6H2,1-3H3/t7-,8-/m1/s1. The van der Waals surface area contributed by atoms with Gasteiger partial charge in [-0.3, -0.25) is 4.90 Å². The van der Waals surface area contributed by atoms with Gasteiger partial charge in [0.1, 0.15) is 0 Å². The zero-order chi connectivity index (χ0) is 7.56. The van der Waals surface area contributed by atoms with E-state index in [4.69, 9.17) is 0 Å². The first kappa shape index (κ1) is 8.02. The van der Waals surface area contributed by atoms with Gasteiger partial charge in [-0.1, -0.05) is 6.92 Å². The molecule has 1 aliphatic heterocycles. The van der Waals surface area contributed by atoms with Crippen molar-refractivity contribution >= 4 is 0 Å². The molecule has 0 aromatic carbocycles. The first-order chi connectivity index (χ1) is 4.75. The van der Waals surface area contributed by atoms with Crippen LogP contribution < -0.4 is 5.32 Å². The lowest BCUT2D eigenvalue weighted by atomic mass is 10.1. The third-order valence-corrected chi connectivity index (χ3v) is 2.38. The van der Waals surface area contributed by atoms with E-state index < -0.39 is 0 Å². The monoisotopic (exact) mass is 142 g/mol. The van der Waals surface area contributed by atoms with Crippen LogP contribution in [0, 0.1) is 0 Å². The molecule has 1 rings (SSSR count). The Balaban J connectivity index is 2.45. The third-order valence-electron chi connectivity index (χ3n) is 2.38. The van der Waals surface area contributed by atoms with Crippen LogP contribution in [0.5, 0.6) is 0 Å². The molecule has 10 heavy (non-hydrogen) atoms. The van der Waals surface area contributed by atoms with Crippen molar-refractivity contribution in [3.63, 3.8) is 0 Å². The van der Waals surface area contributed by atoms with Crippen LogP contribution >= 0.6 is 0 Å². The van der Waals surface area contributed by atoms with Crippen LogP contribution in [0.2, 0.25) is 0 Å². The highest BCUT2D eigenvalue weighted by atomic mass is 15.2. The number of piperazine rings is 1. The highest BCUT2D eigenvalue weighted by Gasteiger charge is 2.21. The highest BCUT2D eigenvalue weighted by Crippen LogP contribution is 2.07. The van der Waals surface area contributed by atoms with Gasteiger partial charge < -0.3 is 5.32 Å². The SMILES string of the molecule is CCN1[C@H](C)CNC[C@H]1C. The summed E-state index contributed by atoms with van der Waals surface area (Å²) < 4.78 is 0. The Kier molecular flexibility index (Phi) is 2.69. The molecule has 0 saturated carbocycles. The van der Waals surface area contributed by atoms with E-state index in [9.17, 15) is 0 Å². The minimum Gasteiger partial charge on any atom is -0.314 e. The molecule has 60 valence electrons. The van der Waals surface area contributed by atoms with Crippen LogP contribution in [0.25, 0.3) is 0 Å². The van der Waals surface area contributed by atoms with Crippen LogP contribution in [0.15, 0.2) is 0 Å².